The minimum absolute atomic E-state index is 0.0109. The molecule has 0 heterocycles. The van der Waals surface area contributed by atoms with Gasteiger partial charge in [0.2, 0.25) is 0 Å². The summed E-state index contributed by atoms with van der Waals surface area (Å²) >= 11 is 0. The quantitative estimate of drug-likeness (QED) is 0.469. The van der Waals surface area contributed by atoms with Crippen LogP contribution in [0, 0.1) is 11.8 Å². The third kappa shape index (κ3) is 7.33. The molecule has 2 aromatic rings. The Labute approximate surface area is 200 Å². The molecule has 0 aromatic heterocycles. The highest BCUT2D eigenvalue weighted by atomic mass is 16.5. The van der Waals surface area contributed by atoms with Crippen molar-refractivity contribution in [1.29, 1.82) is 0 Å². The number of carbonyl (C=O) groups excluding carboxylic acids is 1. The third-order valence-electron chi connectivity index (χ3n) is 6.63. The molecule has 0 bridgehead atoms. The Morgan fingerprint density at radius 3 is 2.48 bits per heavy atom. The molecule has 0 unspecified atom stereocenters. The van der Waals surface area contributed by atoms with Gasteiger partial charge in [0.1, 0.15) is 5.75 Å². The lowest BCUT2D eigenvalue weighted by Gasteiger charge is -2.29. The van der Waals surface area contributed by atoms with Crippen molar-refractivity contribution in [2.45, 2.75) is 64.8 Å². The van der Waals surface area contributed by atoms with Crippen LogP contribution in [0.5, 0.6) is 5.75 Å². The number of rotatable bonds is 10. The lowest BCUT2D eigenvalue weighted by Crippen LogP contribution is -2.43. The van der Waals surface area contributed by atoms with E-state index in [0.717, 1.165) is 42.2 Å². The van der Waals surface area contributed by atoms with Gasteiger partial charge in [0, 0.05) is 23.7 Å². The molecule has 4 nitrogen and oxygen atoms in total. The molecular formula is C29H42N2O2. The lowest BCUT2D eigenvalue weighted by atomic mass is 9.84. The van der Waals surface area contributed by atoms with Crippen LogP contribution in [0.1, 0.15) is 68.3 Å². The molecule has 4 heteroatoms. The van der Waals surface area contributed by atoms with Gasteiger partial charge < -0.3 is 15.0 Å². The van der Waals surface area contributed by atoms with E-state index in [4.69, 9.17) is 4.74 Å². The van der Waals surface area contributed by atoms with E-state index in [1.807, 2.05) is 18.2 Å². The van der Waals surface area contributed by atoms with E-state index in [0.29, 0.717) is 11.5 Å². The van der Waals surface area contributed by atoms with Gasteiger partial charge in [0.05, 0.1) is 7.11 Å². The highest BCUT2D eigenvalue weighted by Gasteiger charge is 2.22. The van der Waals surface area contributed by atoms with Crippen molar-refractivity contribution < 1.29 is 9.53 Å². The number of benzene rings is 2. The van der Waals surface area contributed by atoms with Crippen LogP contribution in [-0.2, 0) is 6.42 Å². The number of carbonyl (C=O) groups is 1. The predicted octanol–water partition coefficient (Wildman–Crippen LogP) is 6.19. The van der Waals surface area contributed by atoms with Crippen LogP contribution in [0.25, 0.3) is 11.1 Å². The largest absolute Gasteiger partial charge is 0.496 e. The summed E-state index contributed by atoms with van der Waals surface area (Å²) in [5, 5.41) is 3.34. The summed E-state index contributed by atoms with van der Waals surface area (Å²) in [6.07, 6.45) is 8.62. The number of methoxy groups -OCH3 is 1. The number of ether oxygens (including phenoxy) is 1. The summed E-state index contributed by atoms with van der Waals surface area (Å²) in [6.45, 7) is 5.30. The fourth-order valence-electron chi connectivity index (χ4n) is 5.20. The molecule has 1 fully saturated rings. The Bertz CT molecular complexity index is 900. The van der Waals surface area contributed by atoms with Crippen molar-refractivity contribution >= 4 is 5.91 Å². The lowest BCUT2D eigenvalue weighted by molar-refractivity contribution is 0.0920. The van der Waals surface area contributed by atoms with Crippen LogP contribution in [0.4, 0.5) is 0 Å². The van der Waals surface area contributed by atoms with Crippen LogP contribution in [0.15, 0.2) is 42.5 Å². The fourth-order valence-corrected chi connectivity index (χ4v) is 5.20. The molecule has 0 spiro atoms. The van der Waals surface area contributed by atoms with E-state index >= 15 is 0 Å². The third-order valence-corrected chi connectivity index (χ3v) is 6.63. The molecule has 0 saturated heterocycles. The first-order valence-corrected chi connectivity index (χ1v) is 12.6. The van der Waals surface area contributed by atoms with Crippen molar-refractivity contribution in [3.05, 3.63) is 53.6 Å². The Kier molecular flexibility index (Phi) is 9.37. The van der Waals surface area contributed by atoms with Gasteiger partial charge in [-0.15, -0.1) is 0 Å². The zero-order chi connectivity index (χ0) is 23.8. The second-order valence-corrected chi connectivity index (χ2v) is 10.3. The van der Waals surface area contributed by atoms with E-state index in [2.05, 4.69) is 62.4 Å². The summed E-state index contributed by atoms with van der Waals surface area (Å²) in [5.74, 6) is 2.19. The zero-order valence-electron chi connectivity index (χ0n) is 21.2. The van der Waals surface area contributed by atoms with Crippen LogP contribution < -0.4 is 10.1 Å². The van der Waals surface area contributed by atoms with Crippen molar-refractivity contribution in [3.8, 4) is 16.9 Å². The molecule has 1 atom stereocenters. The van der Waals surface area contributed by atoms with Gasteiger partial charge in [0.25, 0.3) is 5.91 Å². The van der Waals surface area contributed by atoms with Gasteiger partial charge in [-0.3, -0.25) is 4.79 Å². The smallest absolute Gasteiger partial charge is 0.251 e. The Hall–Kier alpha value is -2.33. The van der Waals surface area contributed by atoms with Gasteiger partial charge in [-0.1, -0.05) is 76.3 Å². The molecule has 3 rings (SSSR count). The van der Waals surface area contributed by atoms with Crippen LogP contribution in [0.2, 0.25) is 0 Å². The van der Waals surface area contributed by atoms with Crippen molar-refractivity contribution in [3.63, 3.8) is 0 Å². The molecule has 0 radical (unpaired) electrons. The molecule has 1 N–H and O–H groups in total. The Balaban J connectivity index is 1.79. The van der Waals surface area contributed by atoms with Crippen molar-refractivity contribution in [2.75, 3.05) is 27.7 Å². The topological polar surface area (TPSA) is 41.6 Å². The summed E-state index contributed by atoms with van der Waals surface area (Å²) in [7, 11) is 5.89. The molecule has 1 amide bonds. The highest BCUT2D eigenvalue weighted by Crippen LogP contribution is 2.35. The first kappa shape index (κ1) is 25.3. The minimum atomic E-state index is 0.0109. The van der Waals surface area contributed by atoms with Crippen molar-refractivity contribution in [1.82, 2.24) is 10.2 Å². The van der Waals surface area contributed by atoms with Gasteiger partial charge in [-0.05, 0) is 62.0 Å². The number of amides is 1. The van der Waals surface area contributed by atoms with E-state index in [-0.39, 0.29) is 11.9 Å². The van der Waals surface area contributed by atoms with E-state index in [1.165, 1.54) is 37.7 Å². The summed E-state index contributed by atoms with van der Waals surface area (Å²) in [5.41, 5.74) is 3.97. The summed E-state index contributed by atoms with van der Waals surface area (Å²) in [6, 6.07) is 14.4. The minimum Gasteiger partial charge on any atom is -0.496 e. The molecule has 1 aliphatic rings. The van der Waals surface area contributed by atoms with Gasteiger partial charge >= 0.3 is 0 Å². The van der Waals surface area contributed by atoms with Crippen LogP contribution in [0.3, 0.4) is 0 Å². The van der Waals surface area contributed by atoms with Crippen LogP contribution in [-0.4, -0.2) is 44.6 Å². The second-order valence-electron chi connectivity index (χ2n) is 10.3. The number of hydrogen-bond donors (Lipinski definition) is 1. The molecule has 1 aliphatic carbocycles. The summed E-state index contributed by atoms with van der Waals surface area (Å²) in [4.78, 5) is 15.4. The SMILES string of the molecule is COc1c(CC(C)C)cccc1-c1cccc(C(=O)N[C@H](CC2CCCCC2)CN(C)C)c1. The average Bonchev–Trinajstić information content (AvgIpc) is 2.79. The van der Waals surface area contributed by atoms with Gasteiger partial charge in [-0.25, -0.2) is 0 Å². The molecule has 1 saturated carbocycles. The average molecular weight is 451 g/mol. The molecule has 180 valence electrons. The standard InChI is InChI=1S/C29H42N2O2/c1-21(2)17-24-14-10-16-27(28(24)33-5)23-13-9-15-25(19-23)29(32)30-26(20-31(3)4)18-22-11-7-6-8-12-22/h9-10,13-16,19,21-22,26H,6-8,11-12,17-18,20H2,1-5H3,(H,30,32)/t26-/m1/s1. The number of nitrogens with zero attached hydrogens (tertiary/aromatic N) is 1. The van der Waals surface area contributed by atoms with E-state index in [1.54, 1.807) is 7.11 Å². The van der Waals surface area contributed by atoms with E-state index in [9.17, 15) is 4.79 Å². The normalized spacial score (nSPS) is 15.6. The maximum absolute atomic E-state index is 13.3. The van der Waals surface area contributed by atoms with Crippen molar-refractivity contribution in [2.24, 2.45) is 11.8 Å². The number of para-hydroxylation sites is 1. The van der Waals surface area contributed by atoms with E-state index < -0.39 is 0 Å². The number of nitrogens with one attached hydrogen (secondary N) is 1. The maximum Gasteiger partial charge on any atom is 0.251 e. The number of likely N-dealkylation sites (N-methyl/N-ethyl adjacent to an activating group) is 1. The second kappa shape index (κ2) is 12.2. The molecule has 0 aliphatic heterocycles. The van der Waals surface area contributed by atoms with Crippen LogP contribution >= 0.6 is 0 Å². The summed E-state index contributed by atoms with van der Waals surface area (Å²) < 4.78 is 5.82. The fraction of sp³-hybridized carbons (Fsp3) is 0.552. The Morgan fingerprint density at radius 1 is 1.09 bits per heavy atom. The predicted molar refractivity (Wildman–Crippen MR) is 138 cm³/mol. The molecular weight excluding hydrogens is 408 g/mol. The first-order valence-electron chi connectivity index (χ1n) is 12.6. The maximum atomic E-state index is 13.3. The Morgan fingerprint density at radius 2 is 1.82 bits per heavy atom. The van der Waals surface area contributed by atoms with Gasteiger partial charge in [-0.2, -0.15) is 0 Å². The van der Waals surface area contributed by atoms with Gasteiger partial charge in [0.15, 0.2) is 0 Å². The highest BCUT2D eigenvalue weighted by molar-refractivity contribution is 5.96. The molecule has 33 heavy (non-hydrogen) atoms. The zero-order valence-corrected chi connectivity index (χ0v) is 21.2. The number of hydrogen-bond acceptors (Lipinski definition) is 3. The monoisotopic (exact) mass is 450 g/mol. The first-order chi connectivity index (χ1) is 15.9. The molecule has 2 aromatic carbocycles.